The standard InChI is InChI=1S/C19H18Cl2FNO3/c1-11(13-4-7-16(22)8-5-13)23-19(25)12(2)26-18(24)9-14-3-6-15(20)10-17(14)21/h3-8,10-12H,9H2,1-2H3,(H,23,25). The highest BCUT2D eigenvalue weighted by Gasteiger charge is 2.20. The average Bonchev–Trinajstić information content (AvgIpc) is 2.57. The van der Waals surface area contributed by atoms with Crippen molar-refractivity contribution in [3.05, 3.63) is 69.5 Å². The lowest BCUT2D eigenvalue weighted by atomic mass is 10.1. The first kappa shape index (κ1) is 20.2. The number of ether oxygens (including phenoxy) is 1. The van der Waals surface area contributed by atoms with Gasteiger partial charge < -0.3 is 10.1 Å². The van der Waals surface area contributed by atoms with Crippen molar-refractivity contribution in [3.63, 3.8) is 0 Å². The highest BCUT2D eigenvalue weighted by atomic mass is 35.5. The number of amides is 1. The van der Waals surface area contributed by atoms with E-state index in [4.69, 9.17) is 27.9 Å². The van der Waals surface area contributed by atoms with E-state index in [0.717, 1.165) is 5.56 Å². The molecule has 0 aliphatic carbocycles. The maximum Gasteiger partial charge on any atom is 0.311 e. The fourth-order valence-electron chi connectivity index (χ4n) is 2.28. The number of carbonyl (C=O) groups is 2. The summed E-state index contributed by atoms with van der Waals surface area (Å²) in [5.74, 6) is -1.38. The van der Waals surface area contributed by atoms with Crippen LogP contribution in [-0.4, -0.2) is 18.0 Å². The number of rotatable bonds is 6. The molecule has 0 spiro atoms. The Kier molecular flexibility index (Phi) is 7.00. The Hall–Kier alpha value is -2.11. The van der Waals surface area contributed by atoms with Crippen molar-refractivity contribution in [2.75, 3.05) is 0 Å². The molecular weight excluding hydrogens is 380 g/mol. The van der Waals surface area contributed by atoms with Gasteiger partial charge in [-0.1, -0.05) is 41.4 Å². The number of hydrogen-bond acceptors (Lipinski definition) is 3. The summed E-state index contributed by atoms with van der Waals surface area (Å²) in [6.07, 6.45) is -1.04. The molecule has 2 aromatic carbocycles. The second-order valence-electron chi connectivity index (χ2n) is 5.83. The van der Waals surface area contributed by atoms with Crippen molar-refractivity contribution in [1.82, 2.24) is 5.32 Å². The van der Waals surface area contributed by atoms with Crippen molar-refractivity contribution in [1.29, 1.82) is 0 Å². The van der Waals surface area contributed by atoms with Crippen molar-refractivity contribution in [3.8, 4) is 0 Å². The second kappa shape index (κ2) is 9.01. The van der Waals surface area contributed by atoms with Gasteiger partial charge >= 0.3 is 5.97 Å². The van der Waals surface area contributed by atoms with Gasteiger partial charge in [0.05, 0.1) is 12.5 Å². The third-order valence-electron chi connectivity index (χ3n) is 3.76. The quantitative estimate of drug-likeness (QED) is 0.730. The molecule has 2 aromatic rings. The zero-order valence-corrected chi connectivity index (χ0v) is 15.8. The van der Waals surface area contributed by atoms with Gasteiger partial charge in [-0.25, -0.2) is 4.39 Å². The van der Waals surface area contributed by atoms with Crippen LogP contribution in [0.5, 0.6) is 0 Å². The largest absolute Gasteiger partial charge is 0.452 e. The van der Waals surface area contributed by atoms with Gasteiger partial charge in [0.2, 0.25) is 0 Å². The van der Waals surface area contributed by atoms with E-state index in [0.29, 0.717) is 15.6 Å². The second-order valence-corrected chi connectivity index (χ2v) is 6.67. The minimum absolute atomic E-state index is 0.0683. The SMILES string of the molecule is CC(OC(=O)Cc1ccc(Cl)cc1Cl)C(=O)NC(C)c1ccc(F)cc1. The van der Waals surface area contributed by atoms with Crippen LogP contribution in [0.4, 0.5) is 4.39 Å². The molecule has 0 fully saturated rings. The van der Waals surface area contributed by atoms with Gasteiger partial charge in [-0.15, -0.1) is 0 Å². The molecule has 2 atom stereocenters. The van der Waals surface area contributed by atoms with Crippen LogP contribution in [0.2, 0.25) is 10.0 Å². The number of esters is 1. The number of carbonyl (C=O) groups excluding carboxylic acids is 2. The van der Waals surface area contributed by atoms with Gasteiger partial charge in [0.1, 0.15) is 5.82 Å². The summed E-state index contributed by atoms with van der Waals surface area (Å²) in [5, 5.41) is 3.55. The maximum absolute atomic E-state index is 13.0. The lowest BCUT2D eigenvalue weighted by molar-refractivity contribution is -0.154. The van der Waals surface area contributed by atoms with Crippen LogP contribution in [0.15, 0.2) is 42.5 Å². The van der Waals surface area contributed by atoms with E-state index in [2.05, 4.69) is 5.32 Å². The lowest BCUT2D eigenvalue weighted by Gasteiger charge is -2.18. The smallest absolute Gasteiger partial charge is 0.311 e. The Bertz CT molecular complexity index is 796. The van der Waals surface area contributed by atoms with E-state index < -0.39 is 18.0 Å². The summed E-state index contributed by atoms with van der Waals surface area (Å²) in [5.41, 5.74) is 1.31. The summed E-state index contributed by atoms with van der Waals surface area (Å²) in [4.78, 5) is 24.2. The predicted octanol–water partition coefficient (Wildman–Crippen LogP) is 4.48. The van der Waals surface area contributed by atoms with Crippen LogP contribution in [-0.2, 0) is 20.7 Å². The van der Waals surface area contributed by atoms with E-state index >= 15 is 0 Å². The highest BCUT2D eigenvalue weighted by molar-refractivity contribution is 6.35. The van der Waals surface area contributed by atoms with Crippen LogP contribution in [0.1, 0.15) is 31.0 Å². The number of nitrogens with one attached hydrogen (secondary N) is 1. The summed E-state index contributed by atoms with van der Waals surface area (Å²) in [6, 6.07) is 10.2. The highest BCUT2D eigenvalue weighted by Crippen LogP contribution is 2.21. The molecule has 7 heteroatoms. The fourth-order valence-corrected chi connectivity index (χ4v) is 2.75. The normalized spacial score (nSPS) is 13.0. The zero-order chi connectivity index (χ0) is 19.3. The van der Waals surface area contributed by atoms with Crippen molar-refractivity contribution >= 4 is 35.1 Å². The van der Waals surface area contributed by atoms with E-state index in [1.165, 1.54) is 25.1 Å². The van der Waals surface area contributed by atoms with E-state index in [9.17, 15) is 14.0 Å². The molecule has 1 amide bonds. The maximum atomic E-state index is 13.0. The van der Waals surface area contributed by atoms with Crippen LogP contribution >= 0.6 is 23.2 Å². The van der Waals surface area contributed by atoms with Gasteiger partial charge in [-0.05, 0) is 49.2 Å². The predicted molar refractivity (Wildman–Crippen MR) is 98.7 cm³/mol. The summed E-state index contributed by atoms with van der Waals surface area (Å²) in [6.45, 7) is 3.24. The fraction of sp³-hybridized carbons (Fsp3) is 0.263. The Morgan fingerprint density at radius 1 is 1.12 bits per heavy atom. The molecule has 0 saturated carbocycles. The third-order valence-corrected chi connectivity index (χ3v) is 4.34. The molecular formula is C19H18Cl2FNO3. The molecule has 0 heterocycles. The summed E-state index contributed by atoms with van der Waals surface area (Å²) < 4.78 is 18.1. The Balaban J connectivity index is 1.89. The van der Waals surface area contributed by atoms with E-state index in [1.54, 1.807) is 31.2 Å². The molecule has 4 nitrogen and oxygen atoms in total. The number of benzene rings is 2. The first-order chi connectivity index (χ1) is 12.3. The molecule has 2 rings (SSSR count). The molecule has 26 heavy (non-hydrogen) atoms. The Morgan fingerprint density at radius 3 is 2.38 bits per heavy atom. The van der Waals surface area contributed by atoms with Gasteiger partial charge in [-0.3, -0.25) is 9.59 Å². The average molecular weight is 398 g/mol. The molecule has 0 saturated heterocycles. The van der Waals surface area contributed by atoms with Crippen LogP contribution in [0.3, 0.4) is 0 Å². The first-order valence-electron chi connectivity index (χ1n) is 7.95. The number of halogens is 3. The molecule has 0 bridgehead atoms. The lowest BCUT2D eigenvalue weighted by Crippen LogP contribution is -2.37. The topological polar surface area (TPSA) is 55.4 Å². The monoisotopic (exact) mass is 397 g/mol. The van der Waals surface area contributed by atoms with Crippen LogP contribution in [0.25, 0.3) is 0 Å². The van der Waals surface area contributed by atoms with Crippen LogP contribution in [0, 0.1) is 5.82 Å². The van der Waals surface area contributed by atoms with E-state index in [1.807, 2.05) is 0 Å². The van der Waals surface area contributed by atoms with Crippen molar-refractivity contribution in [2.24, 2.45) is 0 Å². The molecule has 0 aliphatic heterocycles. The summed E-state index contributed by atoms with van der Waals surface area (Å²) in [7, 11) is 0. The number of hydrogen-bond donors (Lipinski definition) is 1. The third kappa shape index (κ3) is 5.71. The van der Waals surface area contributed by atoms with Gasteiger partial charge in [0, 0.05) is 10.0 Å². The molecule has 2 unspecified atom stereocenters. The zero-order valence-electron chi connectivity index (χ0n) is 14.3. The molecule has 0 aliphatic rings. The van der Waals surface area contributed by atoms with Crippen molar-refractivity contribution in [2.45, 2.75) is 32.4 Å². The van der Waals surface area contributed by atoms with Crippen molar-refractivity contribution < 1.29 is 18.7 Å². The molecule has 0 radical (unpaired) electrons. The van der Waals surface area contributed by atoms with Gasteiger partial charge in [0.25, 0.3) is 5.91 Å². The van der Waals surface area contributed by atoms with Gasteiger partial charge in [-0.2, -0.15) is 0 Å². The summed E-state index contributed by atoms with van der Waals surface area (Å²) >= 11 is 11.8. The minimum atomic E-state index is -0.975. The van der Waals surface area contributed by atoms with E-state index in [-0.39, 0.29) is 18.3 Å². The Morgan fingerprint density at radius 2 is 1.77 bits per heavy atom. The minimum Gasteiger partial charge on any atom is -0.452 e. The first-order valence-corrected chi connectivity index (χ1v) is 8.71. The van der Waals surface area contributed by atoms with Gasteiger partial charge in [0.15, 0.2) is 6.10 Å². The Labute approximate surface area is 161 Å². The molecule has 138 valence electrons. The molecule has 0 aromatic heterocycles. The van der Waals surface area contributed by atoms with Crippen LogP contribution < -0.4 is 5.32 Å². The molecule has 1 N–H and O–H groups in total.